The fraction of sp³-hybridized carbons (Fsp3) is 0.154. The molecule has 0 bridgehead atoms. The van der Waals surface area contributed by atoms with Crippen LogP contribution in [0.5, 0.6) is 11.5 Å². The quantitative estimate of drug-likeness (QED) is 0.599. The van der Waals surface area contributed by atoms with Crippen LogP contribution in [0.2, 0.25) is 0 Å². The zero-order valence-corrected chi connectivity index (χ0v) is 13.3. The van der Waals surface area contributed by atoms with E-state index in [0.717, 1.165) is 2.88 Å². The molecule has 0 spiro atoms. The predicted molar refractivity (Wildman–Crippen MR) is 86.8 cm³/mol. The molecule has 0 fully saturated rings. The van der Waals surface area contributed by atoms with Gasteiger partial charge in [-0.1, -0.05) is 0 Å². The van der Waals surface area contributed by atoms with Gasteiger partial charge in [-0.15, -0.1) is 11.3 Å². The van der Waals surface area contributed by atoms with Crippen molar-refractivity contribution in [1.82, 2.24) is 0 Å². The Morgan fingerprint density at radius 2 is 1.95 bits per heavy atom. The van der Waals surface area contributed by atoms with Crippen LogP contribution in [0, 0.1) is 2.88 Å². The van der Waals surface area contributed by atoms with Gasteiger partial charge >= 0.3 is 0 Å². The monoisotopic (exact) mass is 402 g/mol. The molecule has 1 aliphatic heterocycles. The molecule has 5 nitrogen and oxygen atoms in total. The Morgan fingerprint density at radius 3 is 2.60 bits per heavy atom. The maximum atomic E-state index is 12.1. The Hall–Kier alpha value is -1.48. The molecular formula is C13H11IN2O3S. The highest BCUT2D eigenvalue weighted by Crippen LogP contribution is 2.37. The highest BCUT2D eigenvalue weighted by atomic mass is 127. The van der Waals surface area contributed by atoms with E-state index in [2.05, 4.69) is 27.9 Å². The Morgan fingerprint density at radius 1 is 1.25 bits per heavy atom. The Labute approximate surface area is 133 Å². The lowest BCUT2D eigenvalue weighted by molar-refractivity contribution is 0.102. The zero-order chi connectivity index (χ0) is 14.1. The molecule has 0 atom stereocenters. The van der Waals surface area contributed by atoms with E-state index in [4.69, 9.17) is 15.2 Å². The topological polar surface area (TPSA) is 73.6 Å². The number of benzene rings is 1. The summed E-state index contributed by atoms with van der Waals surface area (Å²) in [6.07, 6.45) is 0. The van der Waals surface area contributed by atoms with Gasteiger partial charge in [0.05, 0.1) is 19.8 Å². The summed E-state index contributed by atoms with van der Waals surface area (Å²) in [5.41, 5.74) is 7.53. The lowest BCUT2D eigenvalue weighted by atomic mass is 10.2. The van der Waals surface area contributed by atoms with Gasteiger partial charge in [-0.3, -0.25) is 4.79 Å². The largest absolute Gasteiger partial charge is 0.486 e. The van der Waals surface area contributed by atoms with Gasteiger partial charge in [0.1, 0.15) is 13.2 Å². The van der Waals surface area contributed by atoms with E-state index >= 15 is 0 Å². The third-order valence-corrected chi connectivity index (χ3v) is 4.58. The van der Waals surface area contributed by atoms with Crippen molar-refractivity contribution in [3.05, 3.63) is 32.0 Å². The molecule has 3 N–H and O–H groups in total. The second-order valence-electron chi connectivity index (χ2n) is 4.18. The molecule has 1 aromatic carbocycles. The average Bonchev–Trinajstić information content (AvgIpc) is 2.86. The summed E-state index contributed by atoms with van der Waals surface area (Å²) in [6.45, 7) is 0.999. The summed E-state index contributed by atoms with van der Waals surface area (Å²) in [7, 11) is 0. The predicted octanol–water partition coefficient (Wildman–Crippen LogP) is 2.96. The van der Waals surface area contributed by atoms with E-state index in [-0.39, 0.29) is 5.91 Å². The van der Waals surface area contributed by atoms with Gasteiger partial charge in [0.2, 0.25) is 0 Å². The SMILES string of the molecule is Nc1cc2c(cc1NC(=O)c1csc(I)c1)OCCO2. The number of rotatable bonds is 2. The number of nitrogens with one attached hydrogen (secondary N) is 1. The molecule has 104 valence electrons. The van der Waals surface area contributed by atoms with Crippen LogP contribution in [0.15, 0.2) is 23.6 Å². The van der Waals surface area contributed by atoms with Gasteiger partial charge in [0.25, 0.3) is 5.91 Å². The third-order valence-electron chi connectivity index (χ3n) is 2.79. The minimum Gasteiger partial charge on any atom is -0.486 e. The van der Waals surface area contributed by atoms with Crippen molar-refractivity contribution in [2.75, 3.05) is 24.3 Å². The number of anilines is 2. The van der Waals surface area contributed by atoms with Gasteiger partial charge < -0.3 is 20.5 Å². The summed E-state index contributed by atoms with van der Waals surface area (Å²) in [5, 5.41) is 4.60. The van der Waals surface area contributed by atoms with Gasteiger partial charge in [-0.05, 0) is 28.7 Å². The van der Waals surface area contributed by atoms with Crippen molar-refractivity contribution >= 4 is 51.2 Å². The van der Waals surface area contributed by atoms with Crippen LogP contribution >= 0.6 is 33.9 Å². The van der Waals surface area contributed by atoms with E-state index in [9.17, 15) is 4.79 Å². The summed E-state index contributed by atoms with van der Waals surface area (Å²) in [6, 6.07) is 5.19. The summed E-state index contributed by atoms with van der Waals surface area (Å²) in [5.74, 6) is 1.02. The van der Waals surface area contributed by atoms with Crippen LogP contribution in [-0.2, 0) is 0 Å². The maximum absolute atomic E-state index is 12.1. The first-order valence-corrected chi connectivity index (χ1v) is 7.84. The zero-order valence-electron chi connectivity index (χ0n) is 10.3. The van der Waals surface area contributed by atoms with Crippen molar-refractivity contribution < 1.29 is 14.3 Å². The number of nitrogens with two attached hydrogens (primary N) is 1. The molecule has 0 aliphatic carbocycles. The Kier molecular flexibility index (Phi) is 3.70. The van der Waals surface area contributed by atoms with Crippen molar-refractivity contribution in [1.29, 1.82) is 0 Å². The van der Waals surface area contributed by atoms with E-state index in [1.165, 1.54) is 11.3 Å². The molecule has 2 aromatic rings. The van der Waals surface area contributed by atoms with Crippen LogP contribution in [0.25, 0.3) is 0 Å². The highest BCUT2D eigenvalue weighted by Gasteiger charge is 2.16. The molecule has 1 aromatic heterocycles. The number of hydrogen-bond donors (Lipinski definition) is 2. The molecule has 0 saturated heterocycles. The van der Waals surface area contributed by atoms with Crippen LogP contribution < -0.4 is 20.5 Å². The van der Waals surface area contributed by atoms with Gasteiger partial charge in [-0.2, -0.15) is 0 Å². The number of halogens is 1. The van der Waals surface area contributed by atoms with Crippen LogP contribution in [0.1, 0.15) is 10.4 Å². The van der Waals surface area contributed by atoms with E-state index in [1.54, 1.807) is 12.1 Å². The van der Waals surface area contributed by atoms with Crippen LogP contribution in [-0.4, -0.2) is 19.1 Å². The Balaban J connectivity index is 1.85. The first-order chi connectivity index (χ1) is 9.63. The summed E-state index contributed by atoms with van der Waals surface area (Å²) < 4.78 is 12.0. The molecule has 0 saturated carbocycles. The van der Waals surface area contributed by atoms with Gasteiger partial charge in [-0.25, -0.2) is 0 Å². The molecule has 1 amide bonds. The number of ether oxygens (including phenoxy) is 2. The van der Waals surface area contributed by atoms with E-state index < -0.39 is 0 Å². The van der Waals surface area contributed by atoms with E-state index in [0.29, 0.717) is 41.7 Å². The first kappa shape index (κ1) is 13.5. The minimum absolute atomic E-state index is 0.187. The van der Waals surface area contributed by atoms with Crippen LogP contribution in [0.4, 0.5) is 11.4 Å². The second-order valence-corrected chi connectivity index (χ2v) is 6.98. The molecule has 7 heteroatoms. The molecule has 1 aliphatic rings. The number of fused-ring (bicyclic) bond motifs is 1. The number of carbonyl (C=O) groups is 1. The van der Waals surface area contributed by atoms with Crippen molar-refractivity contribution in [2.45, 2.75) is 0 Å². The second kappa shape index (κ2) is 5.49. The number of thiophene rings is 1. The molecule has 0 unspecified atom stereocenters. The fourth-order valence-electron chi connectivity index (χ4n) is 1.84. The van der Waals surface area contributed by atoms with Crippen molar-refractivity contribution in [3.63, 3.8) is 0 Å². The molecular weight excluding hydrogens is 391 g/mol. The molecule has 2 heterocycles. The summed E-state index contributed by atoms with van der Waals surface area (Å²) >= 11 is 3.70. The number of carbonyl (C=O) groups excluding carboxylic acids is 1. The average molecular weight is 402 g/mol. The Bertz CT molecular complexity index is 672. The van der Waals surface area contributed by atoms with E-state index in [1.807, 2.05) is 11.4 Å². The smallest absolute Gasteiger partial charge is 0.256 e. The number of amides is 1. The molecule has 20 heavy (non-hydrogen) atoms. The third kappa shape index (κ3) is 2.68. The lowest BCUT2D eigenvalue weighted by Crippen LogP contribution is -2.17. The van der Waals surface area contributed by atoms with Crippen LogP contribution in [0.3, 0.4) is 0 Å². The molecule has 0 radical (unpaired) electrons. The number of nitrogen functional groups attached to an aromatic ring is 1. The number of hydrogen-bond acceptors (Lipinski definition) is 5. The minimum atomic E-state index is -0.187. The van der Waals surface area contributed by atoms with Gasteiger partial charge in [0.15, 0.2) is 11.5 Å². The fourth-order valence-corrected chi connectivity index (χ4v) is 3.16. The van der Waals surface area contributed by atoms with Crippen molar-refractivity contribution in [3.8, 4) is 11.5 Å². The normalized spacial score (nSPS) is 13.1. The highest BCUT2D eigenvalue weighted by molar-refractivity contribution is 14.1. The first-order valence-electron chi connectivity index (χ1n) is 5.88. The maximum Gasteiger partial charge on any atom is 0.256 e. The molecule has 3 rings (SSSR count). The summed E-state index contributed by atoms with van der Waals surface area (Å²) in [4.78, 5) is 12.1. The van der Waals surface area contributed by atoms with Crippen molar-refractivity contribution in [2.24, 2.45) is 0 Å². The van der Waals surface area contributed by atoms with Gasteiger partial charge in [0, 0.05) is 17.5 Å². The standard InChI is InChI=1S/C13H11IN2O3S/c14-12-3-7(6-20-12)13(17)16-9-5-11-10(4-8(9)15)18-1-2-19-11/h3-6H,1-2,15H2,(H,16,17). The lowest BCUT2D eigenvalue weighted by Gasteiger charge is -2.20.